The molecule has 1 atom stereocenters. The number of anilines is 1. The van der Waals surface area contributed by atoms with Crippen molar-refractivity contribution in [3.05, 3.63) is 28.4 Å². The molecule has 3 aromatic rings. The maximum atomic E-state index is 5.16. The Hall–Kier alpha value is -2.06. The van der Waals surface area contributed by atoms with Gasteiger partial charge in [-0.25, -0.2) is 19.6 Å². The molecule has 0 amide bonds. The van der Waals surface area contributed by atoms with Crippen LogP contribution in [0.1, 0.15) is 41.9 Å². The second-order valence-corrected chi connectivity index (χ2v) is 6.96. The number of hydrogen-bond acceptors (Lipinski definition) is 7. The normalized spacial score (nSPS) is 17.2. The molecule has 0 aromatic carbocycles. The standard InChI is InChI=1S/C16H20N6OS/c1-9-8-24-16-13(9)14(17-10(2)18-16)19-11-5-4-6-22-15(11)20-12(21-22)7-23-3/h8,11H,4-7H2,1-3H3,(H,17,18,19). The van der Waals surface area contributed by atoms with Gasteiger partial charge in [0.15, 0.2) is 5.82 Å². The molecule has 24 heavy (non-hydrogen) atoms. The fraction of sp³-hybridized carbons (Fsp3) is 0.500. The van der Waals surface area contributed by atoms with Gasteiger partial charge in [-0.2, -0.15) is 5.10 Å². The van der Waals surface area contributed by atoms with Crippen molar-refractivity contribution in [3.8, 4) is 0 Å². The first-order valence-electron chi connectivity index (χ1n) is 8.07. The van der Waals surface area contributed by atoms with Gasteiger partial charge >= 0.3 is 0 Å². The third-order valence-electron chi connectivity index (χ3n) is 4.23. The number of rotatable bonds is 4. The molecule has 1 aliphatic rings. The van der Waals surface area contributed by atoms with Crippen LogP contribution in [0.2, 0.25) is 0 Å². The van der Waals surface area contributed by atoms with E-state index in [9.17, 15) is 0 Å². The van der Waals surface area contributed by atoms with Crippen LogP contribution in [0, 0.1) is 13.8 Å². The summed E-state index contributed by atoms with van der Waals surface area (Å²) in [5.74, 6) is 3.37. The molecule has 8 heteroatoms. The molecule has 0 radical (unpaired) electrons. The Morgan fingerprint density at radius 3 is 3.04 bits per heavy atom. The smallest absolute Gasteiger partial charge is 0.176 e. The van der Waals surface area contributed by atoms with Crippen molar-refractivity contribution in [2.24, 2.45) is 0 Å². The molecule has 1 aliphatic heterocycles. The van der Waals surface area contributed by atoms with Gasteiger partial charge in [0.2, 0.25) is 0 Å². The molecule has 7 nitrogen and oxygen atoms in total. The molecule has 4 heterocycles. The van der Waals surface area contributed by atoms with Gasteiger partial charge in [-0.15, -0.1) is 11.3 Å². The van der Waals surface area contributed by atoms with Crippen LogP contribution >= 0.6 is 11.3 Å². The van der Waals surface area contributed by atoms with E-state index in [1.807, 2.05) is 11.6 Å². The van der Waals surface area contributed by atoms with Crippen LogP contribution < -0.4 is 5.32 Å². The molecule has 0 saturated heterocycles. The topological polar surface area (TPSA) is 77.8 Å². The highest BCUT2D eigenvalue weighted by molar-refractivity contribution is 7.17. The maximum absolute atomic E-state index is 5.16. The summed E-state index contributed by atoms with van der Waals surface area (Å²) >= 11 is 1.66. The molecule has 0 aliphatic carbocycles. The van der Waals surface area contributed by atoms with Gasteiger partial charge in [0, 0.05) is 13.7 Å². The van der Waals surface area contributed by atoms with Gasteiger partial charge < -0.3 is 10.1 Å². The largest absolute Gasteiger partial charge is 0.377 e. The summed E-state index contributed by atoms with van der Waals surface area (Å²) in [4.78, 5) is 14.9. The summed E-state index contributed by atoms with van der Waals surface area (Å²) in [5, 5.41) is 11.4. The number of aromatic nitrogens is 5. The molecule has 1 N–H and O–H groups in total. The lowest BCUT2D eigenvalue weighted by Crippen LogP contribution is -2.23. The monoisotopic (exact) mass is 344 g/mol. The summed E-state index contributed by atoms with van der Waals surface area (Å²) in [6, 6.07) is 0.105. The number of hydrogen-bond donors (Lipinski definition) is 1. The minimum Gasteiger partial charge on any atom is -0.377 e. The van der Waals surface area contributed by atoms with E-state index in [-0.39, 0.29) is 6.04 Å². The third kappa shape index (κ3) is 2.65. The van der Waals surface area contributed by atoms with Crippen molar-refractivity contribution in [1.29, 1.82) is 0 Å². The van der Waals surface area contributed by atoms with E-state index in [2.05, 4.69) is 37.7 Å². The van der Waals surface area contributed by atoms with E-state index in [1.165, 1.54) is 5.56 Å². The Morgan fingerprint density at radius 2 is 2.21 bits per heavy atom. The zero-order chi connectivity index (χ0) is 16.7. The summed E-state index contributed by atoms with van der Waals surface area (Å²) in [6.07, 6.45) is 2.08. The van der Waals surface area contributed by atoms with Gasteiger partial charge in [0.05, 0.1) is 11.4 Å². The second kappa shape index (κ2) is 6.10. The van der Waals surface area contributed by atoms with E-state index in [0.29, 0.717) is 6.61 Å². The summed E-state index contributed by atoms with van der Waals surface area (Å²) in [6.45, 7) is 5.37. The highest BCUT2D eigenvalue weighted by atomic mass is 32.1. The number of thiophene rings is 1. The zero-order valence-corrected chi connectivity index (χ0v) is 14.9. The Kier molecular flexibility index (Phi) is 3.93. The molecule has 4 rings (SSSR count). The lowest BCUT2D eigenvalue weighted by atomic mass is 10.1. The van der Waals surface area contributed by atoms with Crippen molar-refractivity contribution in [1.82, 2.24) is 24.7 Å². The van der Waals surface area contributed by atoms with E-state index in [4.69, 9.17) is 4.74 Å². The highest BCUT2D eigenvalue weighted by Gasteiger charge is 2.25. The molecule has 126 valence electrons. The maximum Gasteiger partial charge on any atom is 0.176 e. The van der Waals surface area contributed by atoms with Crippen LogP contribution in [-0.4, -0.2) is 31.8 Å². The third-order valence-corrected chi connectivity index (χ3v) is 5.22. The van der Waals surface area contributed by atoms with E-state index in [1.54, 1.807) is 18.4 Å². The van der Waals surface area contributed by atoms with Gasteiger partial charge in [0.25, 0.3) is 0 Å². The Bertz CT molecular complexity index is 886. The van der Waals surface area contributed by atoms with Gasteiger partial charge in [0.1, 0.15) is 28.9 Å². The van der Waals surface area contributed by atoms with Gasteiger partial charge in [-0.3, -0.25) is 0 Å². The number of nitrogens with one attached hydrogen (secondary N) is 1. The van der Waals surface area contributed by atoms with Crippen LogP contribution in [0.25, 0.3) is 10.2 Å². The van der Waals surface area contributed by atoms with Crippen molar-refractivity contribution >= 4 is 27.4 Å². The molecule has 3 aromatic heterocycles. The van der Waals surface area contributed by atoms with E-state index < -0.39 is 0 Å². The number of fused-ring (bicyclic) bond motifs is 2. The Morgan fingerprint density at radius 1 is 1.33 bits per heavy atom. The van der Waals surface area contributed by atoms with E-state index >= 15 is 0 Å². The number of aryl methyl sites for hydroxylation is 3. The quantitative estimate of drug-likeness (QED) is 0.784. The number of nitrogens with zero attached hydrogens (tertiary/aromatic N) is 5. The predicted molar refractivity (Wildman–Crippen MR) is 93.2 cm³/mol. The Balaban J connectivity index is 1.71. The van der Waals surface area contributed by atoms with Crippen LogP contribution in [-0.2, 0) is 17.9 Å². The molecule has 1 unspecified atom stereocenters. The first kappa shape index (κ1) is 15.5. The summed E-state index contributed by atoms with van der Waals surface area (Å²) in [7, 11) is 1.66. The SMILES string of the molecule is COCc1nc2n(n1)CCCC2Nc1nc(C)nc2scc(C)c12. The highest BCUT2D eigenvalue weighted by Crippen LogP contribution is 2.33. The minimum absolute atomic E-state index is 0.105. The first-order chi connectivity index (χ1) is 11.7. The lowest BCUT2D eigenvalue weighted by Gasteiger charge is -2.24. The average Bonchev–Trinajstić information content (AvgIpc) is 3.12. The van der Waals surface area contributed by atoms with Gasteiger partial charge in [-0.05, 0) is 37.6 Å². The fourth-order valence-corrected chi connectivity index (χ4v) is 4.15. The number of methoxy groups -OCH3 is 1. The predicted octanol–water partition coefficient (Wildman–Crippen LogP) is 2.99. The minimum atomic E-state index is 0.105. The lowest BCUT2D eigenvalue weighted by molar-refractivity contribution is 0.177. The molecule has 0 saturated carbocycles. The molecule has 0 fully saturated rings. The Labute approximate surface area is 144 Å². The van der Waals surface area contributed by atoms with Crippen LogP contribution in [0.4, 0.5) is 5.82 Å². The molecule has 0 spiro atoms. The number of ether oxygens (including phenoxy) is 1. The van der Waals surface area contributed by atoms with Crippen LogP contribution in [0.5, 0.6) is 0 Å². The molecular weight excluding hydrogens is 324 g/mol. The van der Waals surface area contributed by atoms with Crippen molar-refractivity contribution in [3.63, 3.8) is 0 Å². The van der Waals surface area contributed by atoms with Crippen LogP contribution in [0.3, 0.4) is 0 Å². The molecule has 0 bridgehead atoms. The van der Waals surface area contributed by atoms with Gasteiger partial charge in [-0.1, -0.05) is 0 Å². The summed E-state index contributed by atoms with van der Waals surface area (Å²) in [5.41, 5.74) is 1.20. The average molecular weight is 344 g/mol. The second-order valence-electron chi connectivity index (χ2n) is 6.10. The van der Waals surface area contributed by atoms with Crippen molar-refractivity contribution < 1.29 is 4.74 Å². The van der Waals surface area contributed by atoms with Crippen molar-refractivity contribution in [2.45, 2.75) is 45.9 Å². The summed E-state index contributed by atoms with van der Waals surface area (Å²) < 4.78 is 7.15. The fourth-order valence-electron chi connectivity index (χ4n) is 3.19. The van der Waals surface area contributed by atoms with E-state index in [0.717, 1.165) is 52.9 Å². The van der Waals surface area contributed by atoms with Crippen LogP contribution in [0.15, 0.2) is 5.38 Å². The van der Waals surface area contributed by atoms with Crippen molar-refractivity contribution in [2.75, 3.05) is 12.4 Å². The zero-order valence-electron chi connectivity index (χ0n) is 14.0. The first-order valence-corrected chi connectivity index (χ1v) is 8.95. The molecular formula is C16H20N6OS.